The van der Waals surface area contributed by atoms with E-state index < -0.39 is 0 Å². The van der Waals surface area contributed by atoms with Crippen molar-refractivity contribution >= 4 is 11.0 Å². The lowest BCUT2D eigenvalue weighted by atomic mass is 10.1. The summed E-state index contributed by atoms with van der Waals surface area (Å²) >= 11 is 0. The Morgan fingerprint density at radius 3 is 2.74 bits per heavy atom. The average Bonchev–Trinajstić information content (AvgIpc) is 2.40. The number of nitrogens with zero attached hydrogens (tertiary/aromatic N) is 1. The normalized spacial score (nSPS) is 10.8. The van der Waals surface area contributed by atoms with Gasteiger partial charge in [0.25, 0.3) is 5.56 Å². The largest absolute Gasteiger partial charge is 0.507 e. The number of rotatable bonds is 1. The minimum atomic E-state index is -0.358. The van der Waals surface area contributed by atoms with Gasteiger partial charge in [-0.2, -0.15) is 4.98 Å². The molecule has 0 unspecified atom stereocenters. The Hall–Kier alpha value is -2.62. The van der Waals surface area contributed by atoms with E-state index in [1.807, 2.05) is 13.0 Å². The summed E-state index contributed by atoms with van der Waals surface area (Å²) in [7, 11) is 0. The predicted molar refractivity (Wildman–Crippen MR) is 72.1 cm³/mol. The highest BCUT2D eigenvalue weighted by atomic mass is 16.3. The van der Waals surface area contributed by atoms with Crippen molar-refractivity contribution in [2.75, 3.05) is 0 Å². The summed E-state index contributed by atoms with van der Waals surface area (Å²) in [6.07, 6.45) is 0. The van der Waals surface area contributed by atoms with Crippen LogP contribution in [-0.4, -0.2) is 10.1 Å². The molecular formula is C15H11NO3. The first-order chi connectivity index (χ1) is 9.15. The Labute approximate surface area is 109 Å². The molecule has 0 bridgehead atoms. The van der Waals surface area contributed by atoms with Crippen LogP contribution in [0.15, 0.2) is 51.7 Å². The zero-order chi connectivity index (χ0) is 13.4. The summed E-state index contributed by atoms with van der Waals surface area (Å²) in [6, 6.07) is 12.0. The summed E-state index contributed by atoms with van der Waals surface area (Å²) in [5, 5.41) is 10.2. The Kier molecular flexibility index (Phi) is 2.56. The van der Waals surface area contributed by atoms with Crippen molar-refractivity contribution in [1.29, 1.82) is 0 Å². The topological polar surface area (TPSA) is 63.3 Å². The Balaban J connectivity index is 2.31. The SMILES string of the molecule is Cc1ccc2oc(-c3ccccc3O)nc(=O)c2c1. The van der Waals surface area contributed by atoms with Gasteiger partial charge in [-0.1, -0.05) is 23.8 Å². The molecule has 4 heteroatoms. The molecule has 0 aliphatic heterocycles. The van der Waals surface area contributed by atoms with Gasteiger partial charge < -0.3 is 9.52 Å². The predicted octanol–water partition coefficient (Wildman–Crippen LogP) is 2.87. The molecule has 0 saturated carbocycles. The summed E-state index contributed by atoms with van der Waals surface area (Å²) in [5.74, 6) is 0.157. The molecule has 2 aromatic carbocycles. The van der Waals surface area contributed by atoms with Gasteiger partial charge in [-0.25, -0.2) is 0 Å². The Morgan fingerprint density at radius 1 is 1.16 bits per heavy atom. The van der Waals surface area contributed by atoms with Crippen LogP contribution in [0.3, 0.4) is 0 Å². The van der Waals surface area contributed by atoms with Crippen LogP contribution in [-0.2, 0) is 0 Å². The molecule has 94 valence electrons. The number of aryl methyl sites for hydroxylation is 1. The van der Waals surface area contributed by atoms with E-state index in [0.29, 0.717) is 16.5 Å². The van der Waals surface area contributed by atoms with Crippen LogP contribution < -0.4 is 5.56 Å². The molecule has 0 spiro atoms. The van der Waals surface area contributed by atoms with Crippen LogP contribution in [0.2, 0.25) is 0 Å². The van der Waals surface area contributed by atoms with Crippen LogP contribution in [0.25, 0.3) is 22.4 Å². The molecule has 3 rings (SSSR count). The molecule has 0 aliphatic rings. The maximum Gasteiger partial charge on any atom is 0.284 e. The van der Waals surface area contributed by atoms with Crippen LogP contribution in [0, 0.1) is 6.92 Å². The fourth-order valence-electron chi connectivity index (χ4n) is 1.95. The third-order valence-corrected chi connectivity index (χ3v) is 2.91. The number of phenolic OH excluding ortho intramolecular Hbond substituents is 1. The minimum Gasteiger partial charge on any atom is -0.507 e. The van der Waals surface area contributed by atoms with Gasteiger partial charge in [0.15, 0.2) is 0 Å². The van der Waals surface area contributed by atoms with Gasteiger partial charge in [-0.15, -0.1) is 0 Å². The monoisotopic (exact) mass is 253 g/mol. The fourth-order valence-corrected chi connectivity index (χ4v) is 1.95. The smallest absolute Gasteiger partial charge is 0.284 e. The van der Waals surface area contributed by atoms with Crippen molar-refractivity contribution in [2.45, 2.75) is 6.92 Å². The van der Waals surface area contributed by atoms with Crippen LogP contribution in [0.4, 0.5) is 0 Å². The molecule has 4 nitrogen and oxygen atoms in total. The maximum absolute atomic E-state index is 12.0. The van der Waals surface area contributed by atoms with E-state index in [0.717, 1.165) is 5.56 Å². The Morgan fingerprint density at radius 2 is 1.95 bits per heavy atom. The number of hydrogen-bond acceptors (Lipinski definition) is 4. The van der Waals surface area contributed by atoms with Gasteiger partial charge in [0.1, 0.15) is 11.3 Å². The molecule has 0 atom stereocenters. The summed E-state index contributed by atoms with van der Waals surface area (Å²) in [4.78, 5) is 15.9. The minimum absolute atomic E-state index is 0.0320. The summed E-state index contributed by atoms with van der Waals surface area (Å²) in [5.41, 5.74) is 1.48. The van der Waals surface area contributed by atoms with Gasteiger partial charge in [-0.3, -0.25) is 4.79 Å². The lowest BCUT2D eigenvalue weighted by molar-refractivity contribution is 0.473. The molecule has 0 saturated heterocycles. The van der Waals surface area contributed by atoms with Gasteiger partial charge in [0.05, 0.1) is 10.9 Å². The summed E-state index contributed by atoms with van der Waals surface area (Å²) in [6.45, 7) is 1.90. The molecule has 0 fully saturated rings. The second-order valence-corrected chi connectivity index (χ2v) is 4.34. The molecule has 1 heterocycles. The first-order valence-electron chi connectivity index (χ1n) is 5.85. The van der Waals surface area contributed by atoms with E-state index >= 15 is 0 Å². The number of para-hydroxylation sites is 1. The van der Waals surface area contributed by atoms with E-state index in [2.05, 4.69) is 4.98 Å². The van der Waals surface area contributed by atoms with Crippen LogP contribution in [0.1, 0.15) is 5.56 Å². The molecule has 1 aromatic heterocycles. The quantitative estimate of drug-likeness (QED) is 0.724. The third kappa shape index (κ3) is 1.97. The fraction of sp³-hybridized carbons (Fsp3) is 0.0667. The molecule has 19 heavy (non-hydrogen) atoms. The van der Waals surface area contributed by atoms with Crippen molar-refractivity contribution in [2.24, 2.45) is 0 Å². The molecule has 0 amide bonds. The van der Waals surface area contributed by atoms with Gasteiger partial charge >= 0.3 is 0 Å². The molecule has 0 radical (unpaired) electrons. The zero-order valence-corrected chi connectivity index (χ0v) is 10.3. The van der Waals surface area contributed by atoms with Gasteiger partial charge in [0, 0.05) is 0 Å². The van der Waals surface area contributed by atoms with Crippen LogP contribution in [0.5, 0.6) is 5.75 Å². The summed E-state index contributed by atoms with van der Waals surface area (Å²) < 4.78 is 5.59. The highest BCUT2D eigenvalue weighted by molar-refractivity contribution is 5.78. The third-order valence-electron chi connectivity index (χ3n) is 2.91. The number of aromatic hydroxyl groups is 1. The number of benzene rings is 2. The number of hydrogen-bond donors (Lipinski definition) is 1. The van der Waals surface area contributed by atoms with E-state index in [4.69, 9.17) is 4.42 Å². The second kappa shape index (κ2) is 4.24. The number of phenols is 1. The van der Waals surface area contributed by atoms with Crippen LogP contribution >= 0.6 is 0 Å². The zero-order valence-electron chi connectivity index (χ0n) is 10.3. The van der Waals surface area contributed by atoms with Crippen molar-refractivity contribution in [3.05, 3.63) is 58.4 Å². The standard InChI is InChI=1S/C15H11NO3/c1-9-6-7-13-11(8-9)14(18)16-15(19-13)10-4-2-3-5-12(10)17/h2-8,17H,1H3. The highest BCUT2D eigenvalue weighted by Gasteiger charge is 2.11. The molecule has 1 N–H and O–H groups in total. The van der Waals surface area contributed by atoms with Gasteiger partial charge in [-0.05, 0) is 31.2 Å². The maximum atomic E-state index is 12.0. The number of fused-ring (bicyclic) bond motifs is 1. The van der Waals surface area contributed by atoms with Crippen molar-refractivity contribution in [3.63, 3.8) is 0 Å². The lowest BCUT2D eigenvalue weighted by Gasteiger charge is -2.04. The van der Waals surface area contributed by atoms with E-state index in [1.165, 1.54) is 6.07 Å². The first-order valence-corrected chi connectivity index (χ1v) is 5.85. The van der Waals surface area contributed by atoms with E-state index in [9.17, 15) is 9.90 Å². The average molecular weight is 253 g/mol. The van der Waals surface area contributed by atoms with E-state index in [1.54, 1.807) is 30.3 Å². The molecule has 0 aliphatic carbocycles. The van der Waals surface area contributed by atoms with Crippen molar-refractivity contribution < 1.29 is 9.52 Å². The Bertz CT molecular complexity index is 821. The lowest BCUT2D eigenvalue weighted by Crippen LogP contribution is -2.07. The first kappa shape index (κ1) is 11.5. The highest BCUT2D eigenvalue weighted by Crippen LogP contribution is 2.27. The van der Waals surface area contributed by atoms with Crippen molar-refractivity contribution in [1.82, 2.24) is 4.98 Å². The molecule has 3 aromatic rings. The number of aromatic nitrogens is 1. The second-order valence-electron chi connectivity index (χ2n) is 4.34. The van der Waals surface area contributed by atoms with E-state index in [-0.39, 0.29) is 17.2 Å². The van der Waals surface area contributed by atoms with Gasteiger partial charge in [0.2, 0.25) is 5.89 Å². The molecular weight excluding hydrogens is 242 g/mol. The van der Waals surface area contributed by atoms with Crippen molar-refractivity contribution in [3.8, 4) is 17.2 Å².